The molecule has 0 aliphatic heterocycles. The van der Waals surface area contributed by atoms with Crippen LogP contribution in [0.25, 0.3) is 17.1 Å². The number of ether oxygens (including phenoxy) is 2. The second kappa shape index (κ2) is 8.69. The van der Waals surface area contributed by atoms with Gasteiger partial charge in [0.25, 0.3) is 0 Å². The number of methoxy groups -OCH3 is 2. The molecule has 0 fully saturated rings. The molecule has 7 heteroatoms. The molecule has 1 heterocycles. The van der Waals surface area contributed by atoms with E-state index >= 15 is 0 Å². The average Bonchev–Trinajstić information content (AvgIpc) is 3.15. The molecule has 0 aliphatic carbocycles. The summed E-state index contributed by atoms with van der Waals surface area (Å²) in [6.07, 6.45) is 0. The van der Waals surface area contributed by atoms with E-state index < -0.39 is 5.41 Å². The maximum absolute atomic E-state index is 12.4. The van der Waals surface area contributed by atoms with Crippen LogP contribution in [0.5, 0.6) is 11.5 Å². The minimum absolute atomic E-state index is 0.158. The fourth-order valence-electron chi connectivity index (χ4n) is 2.68. The van der Waals surface area contributed by atoms with Crippen molar-refractivity contribution in [2.75, 3.05) is 20.0 Å². The molecule has 0 amide bonds. The van der Waals surface area contributed by atoms with E-state index in [1.165, 1.54) is 11.8 Å². The van der Waals surface area contributed by atoms with E-state index in [0.717, 1.165) is 11.3 Å². The average molecular weight is 412 g/mol. The highest BCUT2D eigenvalue weighted by molar-refractivity contribution is 7.99. The van der Waals surface area contributed by atoms with Crippen LogP contribution in [0.3, 0.4) is 0 Å². The van der Waals surface area contributed by atoms with Crippen molar-refractivity contribution < 1.29 is 14.3 Å². The first-order valence-electron chi connectivity index (χ1n) is 9.24. The fourth-order valence-corrected chi connectivity index (χ4v) is 3.79. The van der Waals surface area contributed by atoms with Crippen molar-refractivity contribution in [1.29, 1.82) is 0 Å². The number of rotatable bonds is 7. The summed E-state index contributed by atoms with van der Waals surface area (Å²) < 4.78 is 12.8. The van der Waals surface area contributed by atoms with Crippen LogP contribution in [0.15, 0.2) is 53.7 Å². The Morgan fingerprint density at radius 3 is 2.31 bits per heavy atom. The van der Waals surface area contributed by atoms with Crippen LogP contribution in [0.1, 0.15) is 20.8 Å². The molecule has 2 aromatic carbocycles. The molecular formula is C22H25N3O3S. The molecular weight excluding hydrogens is 386 g/mol. The van der Waals surface area contributed by atoms with E-state index in [1.807, 2.05) is 73.9 Å². The number of hydrogen-bond donors (Lipinski definition) is 0. The number of benzene rings is 2. The first-order chi connectivity index (χ1) is 13.8. The van der Waals surface area contributed by atoms with Crippen LogP contribution in [0, 0.1) is 5.41 Å². The molecule has 3 rings (SSSR count). The third-order valence-electron chi connectivity index (χ3n) is 4.46. The summed E-state index contributed by atoms with van der Waals surface area (Å²) in [5.74, 6) is 2.43. The van der Waals surface area contributed by atoms with Crippen molar-refractivity contribution in [3.8, 4) is 28.6 Å². The van der Waals surface area contributed by atoms with Gasteiger partial charge < -0.3 is 9.47 Å². The van der Waals surface area contributed by atoms with Crippen molar-refractivity contribution in [3.63, 3.8) is 0 Å². The van der Waals surface area contributed by atoms with Gasteiger partial charge in [-0.3, -0.25) is 9.36 Å². The monoisotopic (exact) mass is 411 g/mol. The lowest BCUT2D eigenvalue weighted by Crippen LogP contribution is -2.22. The molecule has 0 atom stereocenters. The Labute approximate surface area is 175 Å². The summed E-state index contributed by atoms with van der Waals surface area (Å²) in [6, 6.07) is 15.5. The number of ketones is 1. The third kappa shape index (κ3) is 4.62. The van der Waals surface area contributed by atoms with E-state index in [-0.39, 0.29) is 5.78 Å². The molecule has 0 saturated heterocycles. The minimum Gasteiger partial charge on any atom is -0.493 e. The maximum Gasteiger partial charge on any atom is 0.196 e. The fraction of sp³-hybridized carbons (Fsp3) is 0.318. The lowest BCUT2D eigenvalue weighted by atomic mass is 9.92. The Balaban J connectivity index is 2.07. The molecule has 0 saturated carbocycles. The normalized spacial score (nSPS) is 11.3. The zero-order valence-electron chi connectivity index (χ0n) is 17.3. The Morgan fingerprint density at radius 1 is 1.00 bits per heavy atom. The SMILES string of the molecule is COc1ccc(-n2c(SCC(=O)C(C)(C)C)nnc2-c2ccccc2)cc1OC. The van der Waals surface area contributed by atoms with E-state index in [1.54, 1.807) is 14.2 Å². The zero-order valence-corrected chi connectivity index (χ0v) is 18.1. The summed E-state index contributed by atoms with van der Waals surface area (Å²) in [5, 5.41) is 9.43. The van der Waals surface area contributed by atoms with E-state index in [9.17, 15) is 4.79 Å². The number of carbonyl (C=O) groups excluding carboxylic acids is 1. The highest BCUT2D eigenvalue weighted by Crippen LogP contribution is 2.34. The Kier molecular flexibility index (Phi) is 6.27. The molecule has 0 unspecified atom stereocenters. The van der Waals surface area contributed by atoms with Crippen LogP contribution >= 0.6 is 11.8 Å². The molecule has 29 heavy (non-hydrogen) atoms. The molecule has 0 bridgehead atoms. The molecule has 0 N–H and O–H groups in total. The Bertz CT molecular complexity index is 994. The van der Waals surface area contributed by atoms with Crippen LogP contribution < -0.4 is 9.47 Å². The van der Waals surface area contributed by atoms with Gasteiger partial charge in [0.1, 0.15) is 5.78 Å². The van der Waals surface area contributed by atoms with Gasteiger partial charge in [0.2, 0.25) is 0 Å². The predicted molar refractivity (Wildman–Crippen MR) is 115 cm³/mol. The van der Waals surface area contributed by atoms with Crippen molar-refractivity contribution >= 4 is 17.5 Å². The standard InChI is InChI=1S/C22H25N3O3S/c1-22(2,3)19(26)14-29-21-24-23-20(15-9-7-6-8-10-15)25(21)16-11-12-17(27-4)18(13-16)28-5/h6-13H,14H2,1-5H3. The first kappa shape index (κ1) is 20.9. The Hall–Kier alpha value is -2.80. The molecule has 6 nitrogen and oxygen atoms in total. The van der Waals surface area contributed by atoms with E-state index in [4.69, 9.17) is 9.47 Å². The van der Waals surface area contributed by atoms with E-state index in [0.29, 0.717) is 28.2 Å². The zero-order chi connectivity index (χ0) is 21.0. The van der Waals surface area contributed by atoms with Crippen molar-refractivity contribution in [2.24, 2.45) is 5.41 Å². The van der Waals surface area contributed by atoms with Gasteiger partial charge in [0, 0.05) is 17.0 Å². The van der Waals surface area contributed by atoms with Gasteiger partial charge in [-0.2, -0.15) is 0 Å². The number of nitrogens with zero attached hydrogens (tertiary/aromatic N) is 3. The van der Waals surface area contributed by atoms with Gasteiger partial charge in [0.05, 0.1) is 25.7 Å². The van der Waals surface area contributed by atoms with Crippen LogP contribution in [-0.4, -0.2) is 40.5 Å². The van der Waals surface area contributed by atoms with Gasteiger partial charge in [-0.05, 0) is 12.1 Å². The van der Waals surface area contributed by atoms with Crippen LogP contribution in [0.2, 0.25) is 0 Å². The second-order valence-electron chi connectivity index (χ2n) is 7.51. The topological polar surface area (TPSA) is 66.2 Å². The first-order valence-corrected chi connectivity index (χ1v) is 10.2. The summed E-state index contributed by atoms with van der Waals surface area (Å²) in [7, 11) is 3.20. The van der Waals surface area contributed by atoms with Gasteiger partial charge in [-0.25, -0.2) is 0 Å². The number of aromatic nitrogens is 3. The number of thioether (sulfide) groups is 1. The molecule has 152 valence electrons. The van der Waals surface area contributed by atoms with Gasteiger partial charge in [-0.1, -0.05) is 62.9 Å². The Morgan fingerprint density at radius 2 is 1.69 bits per heavy atom. The largest absolute Gasteiger partial charge is 0.493 e. The van der Waals surface area contributed by atoms with Crippen molar-refractivity contribution in [3.05, 3.63) is 48.5 Å². The minimum atomic E-state index is -0.399. The quantitative estimate of drug-likeness (QED) is 0.527. The third-order valence-corrected chi connectivity index (χ3v) is 5.39. The number of carbonyl (C=O) groups is 1. The lowest BCUT2D eigenvalue weighted by Gasteiger charge is -2.16. The molecule has 0 spiro atoms. The summed E-state index contributed by atoms with van der Waals surface area (Å²) >= 11 is 1.38. The predicted octanol–water partition coefficient (Wildman–Crippen LogP) is 4.66. The second-order valence-corrected chi connectivity index (χ2v) is 8.45. The summed E-state index contributed by atoms with van der Waals surface area (Å²) in [4.78, 5) is 12.4. The molecule has 0 radical (unpaired) electrons. The number of hydrogen-bond acceptors (Lipinski definition) is 6. The highest BCUT2D eigenvalue weighted by Gasteiger charge is 2.23. The summed E-state index contributed by atoms with van der Waals surface area (Å²) in [6.45, 7) is 5.76. The van der Waals surface area contributed by atoms with Crippen LogP contribution in [-0.2, 0) is 4.79 Å². The highest BCUT2D eigenvalue weighted by atomic mass is 32.2. The van der Waals surface area contributed by atoms with Gasteiger partial charge >= 0.3 is 0 Å². The van der Waals surface area contributed by atoms with Crippen molar-refractivity contribution in [2.45, 2.75) is 25.9 Å². The lowest BCUT2D eigenvalue weighted by molar-refractivity contribution is -0.123. The smallest absolute Gasteiger partial charge is 0.196 e. The molecule has 1 aromatic heterocycles. The van der Waals surface area contributed by atoms with Crippen LogP contribution in [0.4, 0.5) is 0 Å². The summed E-state index contributed by atoms with van der Waals surface area (Å²) in [5.41, 5.74) is 1.37. The molecule has 3 aromatic rings. The molecule has 0 aliphatic rings. The maximum atomic E-state index is 12.4. The number of Topliss-reactive ketones (excluding diaryl/α,β-unsaturated/α-hetero) is 1. The van der Waals surface area contributed by atoms with Gasteiger partial charge in [0.15, 0.2) is 22.5 Å². The van der Waals surface area contributed by atoms with Crippen molar-refractivity contribution in [1.82, 2.24) is 14.8 Å². The van der Waals surface area contributed by atoms with E-state index in [2.05, 4.69) is 10.2 Å². The van der Waals surface area contributed by atoms with Gasteiger partial charge in [-0.15, -0.1) is 10.2 Å².